The van der Waals surface area contributed by atoms with Crippen molar-refractivity contribution in [1.82, 2.24) is 10.2 Å². The minimum absolute atomic E-state index is 0.255. The lowest BCUT2D eigenvalue weighted by Crippen LogP contribution is -2.38. The highest BCUT2D eigenvalue weighted by Crippen LogP contribution is 2.28. The highest BCUT2D eigenvalue weighted by molar-refractivity contribution is 5.43. The fourth-order valence-corrected chi connectivity index (χ4v) is 3.81. The average Bonchev–Trinajstić information content (AvgIpc) is 2.79. The van der Waals surface area contributed by atoms with Crippen molar-refractivity contribution in [2.75, 3.05) is 40.5 Å². The molecule has 30 heavy (non-hydrogen) atoms. The zero-order valence-corrected chi connectivity index (χ0v) is 18.1. The van der Waals surface area contributed by atoms with Gasteiger partial charge in [0, 0.05) is 25.2 Å². The van der Waals surface area contributed by atoms with Gasteiger partial charge < -0.3 is 29.5 Å². The van der Waals surface area contributed by atoms with Crippen molar-refractivity contribution < 1.29 is 19.3 Å². The van der Waals surface area contributed by atoms with Crippen LogP contribution in [0.2, 0.25) is 0 Å². The molecule has 0 saturated carbocycles. The number of rotatable bonds is 11. The molecule has 2 aromatic rings. The van der Waals surface area contributed by atoms with Crippen LogP contribution in [0.25, 0.3) is 0 Å². The van der Waals surface area contributed by atoms with Crippen LogP contribution in [0.15, 0.2) is 42.5 Å². The number of β-amino-alcohol motifs (C(OH)–C–C–N with tert-alkyl or cyclic N) is 1. The van der Waals surface area contributed by atoms with E-state index in [1.165, 1.54) is 19.3 Å². The molecule has 1 saturated heterocycles. The fraction of sp³-hybridized carbons (Fsp3) is 0.500. The van der Waals surface area contributed by atoms with E-state index in [2.05, 4.69) is 16.3 Å². The molecule has 6 heteroatoms. The van der Waals surface area contributed by atoms with Crippen LogP contribution in [-0.4, -0.2) is 56.6 Å². The van der Waals surface area contributed by atoms with E-state index in [4.69, 9.17) is 14.2 Å². The number of aliphatic hydroxyl groups excluding tert-OH is 1. The summed E-state index contributed by atoms with van der Waals surface area (Å²) in [6.07, 6.45) is 3.20. The standard InChI is InChI=1S/C24H34N2O4/c1-28-22-9-5-4-8-20(22)16-25-15-19-10-11-23(29-2)24(14-19)30-18-21(27)17-26-12-6-3-7-13-26/h4-5,8-11,14,21,25,27H,3,6-7,12-13,15-18H2,1-2H3/t21-/m0/s1. The Hall–Kier alpha value is -2.28. The van der Waals surface area contributed by atoms with Crippen LogP contribution in [0.5, 0.6) is 17.2 Å². The summed E-state index contributed by atoms with van der Waals surface area (Å²) < 4.78 is 16.8. The molecule has 0 aliphatic carbocycles. The van der Waals surface area contributed by atoms with Gasteiger partial charge in [-0.15, -0.1) is 0 Å². The summed E-state index contributed by atoms with van der Waals surface area (Å²) in [7, 11) is 3.32. The second-order valence-electron chi connectivity index (χ2n) is 7.73. The van der Waals surface area contributed by atoms with Gasteiger partial charge in [0.2, 0.25) is 0 Å². The van der Waals surface area contributed by atoms with E-state index in [1.807, 2.05) is 36.4 Å². The van der Waals surface area contributed by atoms with Gasteiger partial charge in [-0.05, 0) is 49.7 Å². The van der Waals surface area contributed by atoms with Gasteiger partial charge in [-0.25, -0.2) is 0 Å². The SMILES string of the molecule is COc1ccccc1CNCc1ccc(OC)c(OC[C@@H](O)CN2CCCCC2)c1. The van der Waals surface area contributed by atoms with E-state index in [0.717, 1.165) is 30.0 Å². The number of aliphatic hydroxyl groups is 1. The second kappa shape index (κ2) is 11.8. The van der Waals surface area contributed by atoms with Crippen LogP contribution < -0.4 is 19.5 Å². The third-order valence-corrected chi connectivity index (χ3v) is 5.41. The van der Waals surface area contributed by atoms with Crippen molar-refractivity contribution >= 4 is 0 Å². The maximum atomic E-state index is 10.4. The predicted octanol–water partition coefficient (Wildman–Crippen LogP) is 3.22. The first kappa shape index (κ1) is 22.4. The van der Waals surface area contributed by atoms with Crippen LogP contribution in [0.4, 0.5) is 0 Å². The molecule has 0 radical (unpaired) electrons. The minimum atomic E-state index is -0.514. The van der Waals surface area contributed by atoms with Gasteiger partial charge in [0.05, 0.1) is 14.2 Å². The lowest BCUT2D eigenvalue weighted by molar-refractivity contribution is 0.0608. The van der Waals surface area contributed by atoms with Gasteiger partial charge in [-0.2, -0.15) is 0 Å². The number of hydrogen-bond donors (Lipinski definition) is 2. The molecule has 3 rings (SSSR count). The Morgan fingerprint density at radius 3 is 2.47 bits per heavy atom. The number of ether oxygens (including phenoxy) is 3. The van der Waals surface area contributed by atoms with E-state index in [1.54, 1.807) is 14.2 Å². The number of benzene rings is 2. The number of likely N-dealkylation sites (tertiary alicyclic amines) is 1. The number of piperidine rings is 1. The summed E-state index contributed by atoms with van der Waals surface area (Å²) >= 11 is 0. The van der Waals surface area contributed by atoms with Crippen LogP contribution in [0.1, 0.15) is 30.4 Å². The molecule has 1 fully saturated rings. The highest BCUT2D eigenvalue weighted by atomic mass is 16.5. The molecule has 1 aliphatic rings. The van der Waals surface area contributed by atoms with Crippen molar-refractivity contribution in [3.05, 3.63) is 53.6 Å². The average molecular weight is 415 g/mol. The van der Waals surface area contributed by atoms with E-state index in [0.29, 0.717) is 31.1 Å². The highest BCUT2D eigenvalue weighted by Gasteiger charge is 2.16. The Bertz CT molecular complexity index is 778. The minimum Gasteiger partial charge on any atom is -0.496 e. The molecule has 2 N–H and O–H groups in total. The van der Waals surface area contributed by atoms with Gasteiger partial charge in [0.25, 0.3) is 0 Å². The molecule has 0 spiro atoms. The first-order chi connectivity index (χ1) is 14.7. The van der Waals surface area contributed by atoms with Crippen molar-refractivity contribution in [3.8, 4) is 17.2 Å². The molecule has 0 amide bonds. The Balaban J connectivity index is 1.52. The molecule has 0 unspecified atom stereocenters. The third-order valence-electron chi connectivity index (χ3n) is 5.41. The molecule has 1 aliphatic heterocycles. The van der Waals surface area contributed by atoms with E-state index >= 15 is 0 Å². The quantitative estimate of drug-likeness (QED) is 0.589. The van der Waals surface area contributed by atoms with Crippen LogP contribution in [0, 0.1) is 0 Å². The van der Waals surface area contributed by atoms with Gasteiger partial charge in [0.15, 0.2) is 11.5 Å². The molecule has 1 heterocycles. The van der Waals surface area contributed by atoms with Crippen molar-refractivity contribution in [2.24, 2.45) is 0 Å². The molecular formula is C24H34N2O4. The molecule has 2 aromatic carbocycles. The Kier molecular flexibility index (Phi) is 8.81. The molecule has 164 valence electrons. The number of methoxy groups -OCH3 is 2. The number of nitrogens with one attached hydrogen (secondary N) is 1. The summed E-state index contributed by atoms with van der Waals surface area (Å²) in [6.45, 7) is 4.43. The maximum absolute atomic E-state index is 10.4. The molecule has 0 bridgehead atoms. The lowest BCUT2D eigenvalue weighted by atomic mass is 10.1. The Labute approximate surface area is 179 Å². The first-order valence-electron chi connectivity index (χ1n) is 10.7. The normalized spacial score (nSPS) is 15.6. The number of para-hydroxylation sites is 1. The zero-order valence-electron chi connectivity index (χ0n) is 18.1. The molecule has 1 atom stereocenters. The first-order valence-corrected chi connectivity index (χ1v) is 10.7. The summed E-state index contributed by atoms with van der Waals surface area (Å²) in [4.78, 5) is 2.31. The second-order valence-corrected chi connectivity index (χ2v) is 7.73. The van der Waals surface area contributed by atoms with Gasteiger partial charge in [-0.1, -0.05) is 30.7 Å². The fourth-order valence-electron chi connectivity index (χ4n) is 3.81. The number of hydrogen-bond acceptors (Lipinski definition) is 6. The summed E-state index contributed by atoms with van der Waals surface area (Å²) in [6, 6.07) is 13.9. The topological polar surface area (TPSA) is 63.2 Å². The van der Waals surface area contributed by atoms with Gasteiger partial charge in [0.1, 0.15) is 18.5 Å². The summed E-state index contributed by atoms with van der Waals surface area (Å²) in [5.41, 5.74) is 2.21. The third kappa shape index (κ3) is 6.62. The van der Waals surface area contributed by atoms with E-state index < -0.39 is 6.10 Å². The van der Waals surface area contributed by atoms with Crippen LogP contribution in [-0.2, 0) is 13.1 Å². The van der Waals surface area contributed by atoms with Crippen molar-refractivity contribution in [2.45, 2.75) is 38.5 Å². The molecule has 0 aromatic heterocycles. The van der Waals surface area contributed by atoms with Crippen LogP contribution >= 0.6 is 0 Å². The monoisotopic (exact) mass is 414 g/mol. The number of nitrogens with zero attached hydrogens (tertiary/aromatic N) is 1. The largest absolute Gasteiger partial charge is 0.496 e. The lowest BCUT2D eigenvalue weighted by Gasteiger charge is -2.28. The predicted molar refractivity (Wildman–Crippen MR) is 118 cm³/mol. The van der Waals surface area contributed by atoms with E-state index in [-0.39, 0.29) is 6.61 Å². The van der Waals surface area contributed by atoms with Gasteiger partial charge >= 0.3 is 0 Å². The van der Waals surface area contributed by atoms with Crippen molar-refractivity contribution in [3.63, 3.8) is 0 Å². The summed E-state index contributed by atoms with van der Waals surface area (Å²) in [5, 5.41) is 13.8. The Morgan fingerprint density at radius 1 is 0.933 bits per heavy atom. The van der Waals surface area contributed by atoms with Gasteiger partial charge in [-0.3, -0.25) is 0 Å². The van der Waals surface area contributed by atoms with E-state index in [9.17, 15) is 5.11 Å². The molecular weight excluding hydrogens is 380 g/mol. The van der Waals surface area contributed by atoms with Crippen molar-refractivity contribution in [1.29, 1.82) is 0 Å². The maximum Gasteiger partial charge on any atom is 0.161 e. The Morgan fingerprint density at radius 2 is 1.70 bits per heavy atom. The summed E-state index contributed by atoms with van der Waals surface area (Å²) in [5.74, 6) is 2.21. The molecule has 6 nitrogen and oxygen atoms in total. The zero-order chi connectivity index (χ0) is 21.2. The van der Waals surface area contributed by atoms with Crippen LogP contribution in [0.3, 0.4) is 0 Å². The smallest absolute Gasteiger partial charge is 0.161 e.